The number of methoxy groups -OCH3 is 1. The van der Waals surface area contributed by atoms with E-state index in [0.29, 0.717) is 11.7 Å². The summed E-state index contributed by atoms with van der Waals surface area (Å²) in [7, 11) is 1.68. The molecule has 1 aromatic rings. The van der Waals surface area contributed by atoms with Crippen molar-refractivity contribution in [1.29, 1.82) is 0 Å². The molecule has 1 fully saturated rings. The highest BCUT2D eigenvalue weighted by Gasteiger charge is 2.32. The molecule has 0 aliphatic heterocycles. The van der Waals surface area contributed by atoms with E-state index < -0.39 is 0 Å². The maximum atomic E-state index is 6.01. The van der Waals surface area contributed by atoms with Gasteiger partial charge in [0.15, 0.2) is 0 Å². The van der Waals surface area contributed by atoms with Gasteiger partial charge in [-0.3, -0.25) is 0 Å². The molecular formula is C14H25N3O2. The van der Waals surface area contributed by atoms with Crippen molar-refractivity contribution in [3.63, 3.8) is 0 Å². The van der Waals surface area contributed by atoms with Gasteiger partial charge in [0.1, 0.15) is 6.10 Å². The number of nitrogens with zero attached hydrogens (tertiary/aromatic N) is 2. The summed E-state index contributed by atoms with van der Waals surface area (Å²) in [6.45, 7) is 6.31. The molecule has 0 saturated heterocycles. The lowest BCUT2D eigenvalue weighted by atomic mass is 9.86. The van der Waals surface area contributed by atoms with Crippen molar-refractivity contribution in [2.75, 3.05) is 7.11 Å². The molecule has 0 bridgehead atoms. The SMILES string of the molecule is COC(c1noc(C2CCCC(N)C2)n1)C(C)(C)C. The standard InChI is InChI=1S/C14H25N3O2/c1-14(2,3)11(18-4)12-16-13(19-17-12)9-6-5-7-10(15)8-9/h9-11H,5-8,15H2,1-4H3. The van der Waals surface area contributed by atoms with E-state index in [0.717, 1.165) is 31.6 Å². The molecule has 1 aliphatic carbocycles. The van der Waals surface area contributed by atoms with E-state index >= 15 is 0 Å². The molecule has 1 aromatic heterocycles. The third-order valence-corrected chi connectivity index (χ3v) is 3.78. The van der Waals surface area contributed by atoms with Crippen LogP contribution in [0.3, 0.4) is 0 Å². The van der Waals surface area contributed by atoms with Crippen LogP contribution in [0.2, 0.25) is 0 Å². The summed E-state index contributed by atoms with van der Waals surface area (Å²) in [5.74, 6) is 1.67. The number of aromatic nitrogens is 2. The Kier molecular flexibility index (Phi) is 4.26. The van der Waals surface area contributed by atoms with Crippen molar-refractivity contribution in [2.24, 2.45) is 11.1 Å². The number of ether oxygens (including phenoxy) is 1. The fourth-order valence-electron chi connectivity index (χ4n) is 2.82. The Morgan fingerprint density at radius 2 is 2.11 bits per heavy atom. The summed E-state index contributed by atoms with van der Waals surface area (Å²) in [4.78, 5) is 4.55. The van der Waals surface area contributed by atoms with Crippen LogP contribution in [0.4, 0.5) is 0 Å². The second-order valence-corrected chi connectivity index (χ2v) is 6.60. The van der Waals surface area contributed by atoms with Crippen LogP contribution >= 0.6 is 0 Å². The zero-order chi connectivity index (χ0) is 14.0. The Hall–Kier alpha value is -0.940. The lowest BCUT2D eigenvalue weighted by Gasteiger charge is -2.26. The van der Waals surface area contributed by atoms with Gasteiger partial charge >= 0.3 is 0 Å². The van der Waals surface area contributed by atoms with Crippen LogP contribution in [-0.2, 0) is 4.74 Å². The van der Waals surface area contributed by atoms with Crippen molar-refractivity contribution in [1.82, 2.24) is 10.1 Å². The maximum Gasteiger partial charge on any atom is 0.229 e. The fourth-order valence-corrected chi connectivity index (χ4v) is 2.82. The second-order valence-electron chi connectivity index (χ2n) is 6.60. The molecule has 0 radical (unpaired) electrons. The van der Waals surface area contributed by atoms with Crippen LogP contribution in [-0.4, -0.2) is 23.3 Å². The highest BCUT2D eigenvalue weighted by atomic mass is 16.5. The van der Waals surface area contributed by atoms with Gasteiger partial charge in [-0.25, -0.2) is 0 Å². The first-order chi connectivity index (χ1) is 8.91. The first-order valence-electron chi connectivity index (χ1n) is 7.03. The minimum atomic E-state index is -0.151. The fraction of sp³-hybridized carbons (Fsp3) is 0.857. The van der Waals surface area contributed by atoms with Gasteiger partial charge in [-0.05, 0) is 24.7 Å². The predicted molar refractivity (Wildman–Crippen MR) is 72.7 cm³/mol. The lowest BCUT2D eigenvalue weighted by molar-refractivity contribution is 0.00718. The summed E-state index contributed by atoms with van der Waals surface area (Å²) >= 11 is 0. The molecule has 1 saturated carbocycles. The van der Waals surface area contributed by atoms with Gasteiger partial charge in [-0.2, -0.15) is 4.98 Å². The van der Waals surface area contributed by atoms with Crippen LogP contribution in [0.25, 0.3) is 0 Å². The molecule has 0 aromatic carbocycles. The van der Waals surface area contributed by atoms with E-state index in [1.165, 1.54) is 0 Å². The summed E-state index contributed by atoms with van der Waals surface area (Å²) < 4.78 is 10.9. The minimum Gasteiger partial charge on any atom is -0.373 e. The van der Waals surface area contributed by atoms with Gasteiger partial charge in [0.2, 0.25) is 11.7 Å². The Morgan fingerprint density at radius 3 is 2.68 bits per heavy atom. The average Bonchev–Trinajstić information content (AvgIpc) is 2.77. The first kappa shape index (κ1) is 14.5. The monoisotopic (exact) mass is 267 g/mol. The highest BCUT2D eigenvalue weighted by molar-refractivity contribution is 5.01. The Labute approximate surface area is 114 Å². The summed E-state index contributed by atoms with van der Waals surface area (Å²) in [6.07, 6.45) is 4.11. The first-order valence-corrected chi connectivity index (χ1v) is 7.03. The minimum absolute atomic E-state index is 0.0567. The molecule has 3 unspecified atom stereocenters. The third kappa shape index (κ3) is 3.34. The van der Waals surface area contributed by atoms with Crippen LogP contribution in [0.15, 0.2) is 4.52 Å². The number of hydrogen-bond donors (Lipinski definition) is 1. The summed E-state index contributed by atoms with van der Waals surface area (Å²) in [6, 6.07) is 0.259. The average molecular weight is 267 g/mol. The smallest absolute Gasteiger partial charge is 0.229 e. The molecule has 1 aliphatic rings. The van der Waals surface area contributed by atoms with Crippen molar-refractivity contribution in [3.8, 4) is 0 Å². The Balaban J connectivity index is 2.14. The molecule has 5 nitrogen and oxygen atoms in total. The predicted octanol–water partition coefficient (Wildman–Crippen LogP) is 2.79. The van der Waals surface area contributed by atoms with Crippen molar-refractivity contribution in [3.05, 3.63) is 11.7 Å². The number of nitrogens with two attached hydrogens (primary N) is 1. The molecule has 2 N–H and O–H groups in total. The summed E-state index contributed by atoms with van der Waals surface area (Å²) in [5, 5.41) is 4.10. The Bertz CT molecular complexity index is 411. The van der Waals surface area contributed by atoms with E-state index in [2.05, 4.69) is 30.9 Å². The quantitative estimate of drug-likeness (QED) is 0.911. The molecule has 1 heterocycles. The molecule has 0 amide bonds. The normalized spacial score (nSPS) is 26.4. The molecule has 0 spiro atoms. The molecule has 2 rings (SSSR count). The molecule has 5 heteroatoms. The van der Waals surface area contributed by atoms with Gasteiger partial charge in [-0.15, -0.1) is 0 Å². The van der Waals surface area contributed by atoms with Gasteiger partial charge in [0, 0.05) is 19.1 Å². The highest BCUT2D eigenvalue weighted by Crippen LogP contribution is 2.36. The van der Waals surface area contributed by atoms with Crippen LogP contribution in [0.1, 0.15) is 70.2 Å². The van der Waals surface area contributed by atoms with Crippen LogP contribution in [0, 0.1) is 5.41 Å². The molecular weight excluding hydrogens is 242 g/mol. The van der Waals surface area contributed by atoms with E-state index in [9.17, 15) is 0 Å². The van der Waals surface area contributed by atoms with Crippen molar-refractivity contribution < 1.29 is 9.26 Å². The van der Waals surface area contributed by atoms with Crippen LogP contribution < -0.4 is 5.73 Å². The topological polar surface area (TPSA) is 74.2 Å². The van der Waals surface area contributed by atoms with E-state index in [1.54, 1.807) is 7.11 Å². The lowest BCUT2D eigenvalue weighted by Crippen LogP contribution is -2.27. The van der Waals surface area contributed by atoms with Crippen molar-refractivity contribution in [2.45, 2.75) is 64.5 Å². The Morgan fingerprint density at radius 1 is 1.37 bits per heavy atom. The van der Waals surface area contributed by atoms with E-state index in [1.807, 2.05) is 0 Å². The summed E-state index contributed by atoms with van der Waals surface area (Å²) in [5.41, 5.74) is 5.95. The number of hydrogen-bond acceptors (Lipinski definition) is 5. The van der Waals surface area contributed by atoms with Gasteiger partial charge in [-0.1, -0.05) is 32.3 Å². The van der Waals surface area contributed by atoms with E-state index in [-0.39, 0.29) is 17.6 Å². The van der Waals surface area contributed by atoms with E-state index in [4.69, 9.17) is 15.0 Å². The maximum absolute atomic E-state index is 6.01. The molecule has 3 atom stereocenters. The van der Waals surface area contributed by atoms with Gasteiger partial charge < -0.3 is 15.0 Å². The van der Waals surface area contributed by atoms with Crippen LogP contribution in [0.5, 0.6) is 0 Å². The zero-order valence-corrected chi connectivity index (χ0v) is 12.3. The zero-order valence-electron chi connectivity index (χ0n) is 12.3. The van der Waals surface area contributed by atoms with Crippen molar-refractivity contribution >= 4 is 0 Å². The second kappa shape index (κ2) is 5.59. The van der Waals surface area contributed by atoms with Gasteiger partial charge in [0.05, 0.1) is 0 Å². The largest absolute Gasteiger partial charge is 0.373 e. The molecule has 108 valence electrons. The third-order valence-electron chi connectivity index (χ3n) is 3.78. The molecule has 19 heavy (non-hydrogen) atoms. The van der Waals surface area contributed by atoms with Gasteiger partial charge in [0.25, 0.3) is 0 Å². The number of rotatable bonds is 3.